The van der Waals surface area contributed by atoms with Crippen LogP contribution in [0, 0.1) is 11.6 Å². The zero-order valence-electron chi connectivity index (χ0n) is 15.8. The summed E-state index contributed by atoms with van der Waals surface area (Å²) in [5, 5.41) is 6.68. The van der Waals surface area contributed by atoms with Crippen LogP contribution in [-0.4, -0.2) is 40.4 Å². The molecule has 1 saturated heterocycles. The van der Waals surface area contributed by atoms with Gasteiger partial charge in [0.15, 0.2) is 0 Å². The molecule has 2 heterocycles. The predicted octanol–water partition coefficient (Wildman–Crippen LogP) is 3.94. The number of amides is 1. The number of cyclic esters (lactones) is 1. The zero-order valence-corrected chi connectivity index (χ0v) is 16.6. The number of thiocarbonyl (C=S) groups is 1. The Balaban J connectivity index is 1.58. The highest BCUT2D eigenvalue weighted by atomic mass is 32.1. The van der Waals surface area contributed by atoms with Crippen LogP contribution in [0.2, 0.25) is 0 Å². The molecule has 154 valence electrons. The average molecular weight is 430 g/mol. The first-order valence-corrected chi connectivity index (χ1v) is 9.44. The highest BCUT2D eigenvalue weighted by Gasteiger charge is 2.33. The number of ether oxygens (including phenoxy) is 1. The number of rotatable bonds is 5. The van der Waals surface area contributed by atoms with Crippen LogP contribution in [0.25, 0.3) is 22.8 Å². The molecule has 1 atom stereocenters. The van der Waals surface area contributed by atoms with Gasteiger partial charge in [0.1, 0.15) is 23.3 Å². The van der Waals surface area contributed by atoms with Gasteiger partial charge in [-0.3, -0.25) is 4.90 Å². The molecule has 30 heavy (non-hydrogen) atoms. The lowest BCUT2D eigenvalue weighted by molar-refractivity contribution is 0.143. The number of carbonyl (C=O) groups excluding carboxylic acids is 1. The van der Waals surface area contributed by atoms with E-state index in [-0.39, 0.29) is 23.9 Å². The van der Waals surface area contributed by atoms with Crippen LogP contribution in [0.5, 0.6) is 0 Å². The van der Waals surface area contributed by atoms with Crippen molar-refractivity contribution >= 4 is 29.0 Å². The normalized spacial score (nSPS) is 15.9. The summed E-state index contributed by atoms with van der Waals surface area (Å²) in [6, 6.07) is 11.0. The van der Waals surface area contributed by atoms with Crippen LogP contribution in [0.1, 0.15) is 6.92 Å². The molecule has 0 aliphatic carbocycles. The first-order valence-electron chi connectivity index (χ1n) is 9.03. The molecule has 1 fully saturated rings. The van der Waals surface area contributed by atoms with Crippen LogP contribution in [0.15, 0.2) is 47.0 Å². The molecule has 1 N–H and O–H groups in total. The smallest absolute Gasteiger partial charge is 0.414 e. The Bertz CT molecular complexity index is 1080. The average Bonchev–Trinajstić information content (AvgIpc) is 3.33. The maximum atomic E-state index is 14.8. The quantitative estimate of drug-likeness (QED) is 0.614. The van der Waals surface area contributed by atoms with Gasteiger partial charge in [0.05, 0.1) is 23.8 Å². The molecule has 4 rings (SSSR count). The van der Waals surface area contributed by atoms with Crippen molar-refractivity contribution in [2.75, 3.05) is 18.0 Å². The monoisotopic (exact) mass is 430 g/mol. The van der Waals surface area contributed by atoms with E-state index in [1.807, 2.05) is 6.07 Å². The van der Waals surface area contributed by atoms with Crippen LogP contribution in [0.4, 0.5) is 19.3 Å². The molecular formula is C20H16F2N4O3S. The lowest BCUT2D eigenvalue weighted by Gasteiger charge is -2.14. The summed E-state index contributed by atoms with van der Waals surface area (Å²) < 4.78 is 39.8. The largest absolute Gasteiger partial charge is 0.442 e. The fraction of sp³-hybridized carbons (Fsp3) is 0.200. The summed E-state index contributed by atoms with van der Waals surface area (Å²) in [4.78, 5) is 17.9. The molecule has 7 nitrogen and oxygen atoms in total. The van der Waals surface area contributed by atoms with E-state index in [1.54, 1.807) is 31.2 Å². The maximum absolute atomic E-state index is 14.8. The molecule has 0 spiro atoms. The van der Waals surface area contributed by atoms with Gasteiger partial charge in [0.2, 0.25) is 5.82 Å². The summed E-state index contributed by atoms with van der Waals surface area (Å²) in [5.74, 6) is -1.95. The minimum Gasteiger partial charge on any atom is -0.442 e. The van der Waals surface area contributed by atoms with Crippen LogP contribution >= 0.6 is 12.2 Å². The van der Waals surface area contributed by atoms with Gasteiger partial charge in [-0.2, -0.15) is 4.98 Å². The molecular weight excluding hydrogens is 414 g/mol. The fourth-order valence-corrected chi connectivity index (χ4v) is 3.13. The van der Waals surface area contributed by atoms with E-state index in [0.29, 0.717) is 17.1 Å². The number of benzene rings is 2. The zero-order chi connectivity index (χ0) is 21.3. The number of aromatic nitrogens is 2. The molecule has 1 amide bonds. The lowest BCUT2D eigenvalue weighted by atomic mass is 10.1. The fourth-order valence-electron chi connectivity index (χ4n) is 3.05. The molecule has 2 aromatic carbocycles. The Morgan fingerprint density at radius 2 is 1.97 bits per heavy atom. The van der Waals surface area contributed by atoms with E-state index in [4.69, 9.17) is 21.5 Å². The van der Waals surface area contributed by atoms with Gasteiger partial charge in [-0.25, -0.2) is 13.6 Å². The summed E-state index contributed by atoms with van der Waals surface area (Å²) in [7, 11) is 0. The number of hydrogen-bond donors (Lipinski definition) is 1. The van der Waals surface area contributed by atoms with Crippen molar-refractivity contribution in [3.05, 3.63) is 54.1 Å². The third kappa shape index (κ3) is 3.99. The van der Waals surface area contributed by atoms with Gasteiger partial charge in [0, 0.05) is 5.56 Å². The molecule has 1 aromatic heterocycles. The van der Waals surface area contributed by atoms with Gasteiger partial charge < -0.3 is 14.6 Å². The first kappa shape index (κ1) is 19.9. The summed E-state index contributed by atoms with van der Waals surface area (Å²) in [6.45, 7) is 2.14. The molecule has 1 aliphatic heterocycles. The lowest BCUT2D eigenvalue weighted by Crippen LogP contribution is -2.32. The number of carbonyl (C=O) groups is 1. The number of nitrogens with one attached hydrogen (secondary N) is 1. The van der Waals surface area contributed by atoms with Gasteiger partial charge in [-0.15, -0.1) is 0 Å². The minimum atomic E-state index is -0.933. The Morgan fingerprint density at radius 1 is 1.27 bits per heavy atom. The second kappa shape index (κ2) is 8.15. The molecule has 0 saturated carbocycles. The minimum absolute atomic E-state index is 0.0307. The summed E-state index contributed by atoms with van der Waals surface area (Å²) >= 11 is 4.93. The Labute approximate surface area is 175 Å². The summed E-state index contributed by atoms with van der Waals surface area (Å²) in [5.41, 5.74) is 0.217. The predicted molar refractivity (Wildman–Crippen MR) is 109 cm³/mol. The van der Waals surface area contributed by atoms with Gasteiger partial charge in [-0.05, 0) is 19.1 Å². The Kier molecular flexibility index (Phi) is 5.40. The van der Waals surface area contributed by atoms with Crippen molar-refractivity contribution in [3.63, 3.8) is 0 Å². The van der Waals surface area contributed by atoms with Crippen molar-refractivity contribution in [2.45, 2.75) is 13.0 Å². The second-order valence-electron chi connectivity index (χ2n) is 6.63. The third-order valence-corrected chi connectivity index (χ3v) is 4.61. The number of hydrogen-bond acceptors (Lipinski definition) is 6. The molecule has 10 heteroatoms. The van der Waals surface area contributed by atoms with Crippen LogP contribution in [0.3, 0.4) is 0 Å². The number of nitrogens with zero attached hydrogens (tertiary/aromatic N) is 3. The highest BCUT2D eigenvalue weighted by molar-refractivity contribution is 7.80. The van der Waals surface area contributed by atoms with Gasteiger partial charge in [0.25, 0.3) is 5.89 Å². The van der Waals surface area contributed by atoms with E-state index < -0.39 is 29.4 Å². The SMILES string of the molecule is CC(=S)NCC1CN(c2cc(F)c(-c3nc(-c4ccccc4)no3)c(F)c2)C(=O)O1. The molecule has 0 radical (unpaired) electrons. The number of halogens is 2. The summed E-state index contributed by atoms with van der Waals surface area (Å²) in [6.07, 6.45) is -1.19. The van der Waals surface area contributed by atoms with E-state index in [2.05, 4.69) is 15.5 Å². The standard InChI is InChI=1S/C20H16F2N4O3S/c1-11(30)23-9-14-10-26(20(27)28-14)13-7-15(21)17(16(22)8-13)19-24-18(25-29-19)12-5-3-2-4-6-12/h2-8,14H,9-10H2,1H3,(H,23,30). The topological polar surface area (TPSA) is 80.5 Å². The van der Waals surface area contributed by atoms with Crippen molar-refractivity contribution in [1.29, 1.82) is 0 Å². The van der Waals surface area contributed by atoms with E-state index >= 15 is 0 Å². The van der Waals surface area contributed by atoms with Crippen LogP contribution in [-0.2, 0) is 4.74 Å². The highest BCUT2D eigenvalue weighted by Crippen LogP contribution is 2.32. The molecule has 0 bridgehead atoms. The van der Waals surface area contributed by atoms with Crippen LogP contribution < -0.4 is 10.2 Å². The van der Waals surface area contributed by atoms with E-state index in [9.17, 15) is 13.6 Å². The van der Waals surface area contributed by atoms with Crippen molar-refractivity contribution in [3.8, 4) is 22.8 Å². The Hall–Kier alpha value is -3.40. The molecule has 3 aromatic rings. The van der Waals surface area contributed by atoms with Gasteiger partial charge in [-0.1, -0.05) is 47.7 Å². The van der Waals surface area contributed by atoms with E-state index in [1.165, 1.54) is 0 Å². The second-order valence-corrected chi connectivity index (χ2v) is 7.24. The van der Waals surface area contributed by atoms with E-state index in [0.717, 1.165) is 17.0 Å². The third-order valence-electron chi connectivity index (χ3n) is 4.46. The first-order chi connectivity index (χ1) is 14.4. The van der Waals surface area contributed by atoms with Crippen molar-refractivity contribution < 1.29 is 22.8 Å². The van der Waals surface area contributed by atoms with Crippen molar-refractivity contribution in [2.24, 2.45) is 0 Å². The van der Waals surface area contributed by atoms with Gasteiger partial charge >= 0.3 is 6.09 Å². The molecule has 1 unspecified atom stereocenters. The maximum Gasteiger partial charge on any atom is 0.414 e. The Morgan fingerprint density at radius 3 is 2.63 bits per heavy atom. The number of anilines is 1. The molecule has 1 aliphatic rings. The van der Waals surface area contributed by atoms with Crippen molar-refractivity contribution in [1.82, 2.24) is 15.5 Å².